The maximum Gasteiger partial charge on any atom is 0.371 e. The summed E-state index contributed by atoms with van der Waals surface area (Å²) in [6.45, 7) is 4.61. The van der Waals surface area contributed by atoms with Gasteiger partial charge in [-0.3, -0.25) is 9.69 Å². The summed E-state index contributed by atoms with van der Waals surface area (Å²) in [5, 5.41) is 8.82. The molecule has 3 rings (SSSR count). The van der Waals surface area contributed by atoms with E-state index in [9.17, 15) is 9.59 Å². The third-order valence-electron chi connectivity index (χ3n) is 4.04. The average molecular weight is 294 g/mol. The number of likely N-dealkylation sites (tertiary alicyclic amines) is 1. The van der Waals surface area contributed by atoms with E-state index >= 15 is 0 Å². The van der Waals surface area contributed by atoms with E-state index in [0.717, 1.165) is 32.7 Å². The normalized spacial score (nSPS) is 23.4. The third-order valence-corrected chi connectivity index (χ3v) is 4.04. The third kappa shape index (κ3) is 2.93. The molecule has 1 aromatic rings. The van der Waals surface area contributed by atoms with Crippen molar-refractivity contribution >= 4 is 11.9 Å². The van der Waals surface area contributed by atoms with Crippen molar-refractivity contribution < 1.29 is 23.8 Å². The van der Waals surface area contributed by atoms with Gasteiger partial charge in [-0.15, -0.1) is 0 Å². The Bertz CT molecular complexity index is 535. The number of morpholine rings is 1. The second-order valence-corrected chi connectivity index (χ2v) is 5.31. The monoisotopic (exact) mass is 294 g/mol. The second-order valence-electron chi connectivity index (χ2n) is 5.31. The number of nitrogens with zero attached hydrogens (tertiary/aromatic N) is 2. The zero-order valence-electron chi connectivity index (χ0n) is 11.7. The fourth-order valence-electron chi connectivity index (χ4n) is 2.89. The van der Waals surface area contributed by atoms with Crippen LogP contribution in [0.3, 0.4) is 0 Å². The molecule has 2 aliphatic heterocycles. The average Bonchev–Trinajstić information content (AvgIpc) is 3.17. The van der Waals surface area contributed by atoms with Crippen LogP contribution in [0.5, 0.6) is 0 Å². The minimum Gasteiger partial charge on any atom is -0.475 e. The number of carboxylic acid groups (broad SMARTS) is 1. The molecule has 2 fully saturated rings. The summed E-state index contributed by atoms with van der Waals surface area (Å²) in [5.41, 5.74) is 0. The zero-order chi connectivity index (χ0) is 14.8. The van der Waals surface area contributed by atoms with E-state index in [0.29, 0.717) is 19.1 Å². The Morgan fingerprint density at radius 1 is 1.14 bits per heavy atom. The predicted molar refractivity (Wildman–Crippen MR) is 72.4 cm³/mol. The van der Waals surface area contributed by atoms with Crippen LogP contribution in [-0.2, 0) is 4.74 Å². The summed E-state index contributed by atoms with van der Waals surface area (Å²) in [6.07, 6.45) is 0.929. The number of furan rings is 1. The minimum absolute atomic E-state index is 0.0926. The highest BCUT2D eigenvalue weighted by molar-refractivity contribution is 5.93. The van der Waals surface area contributed by atoms with Gasteiger partial charge < -0.3 is 19.2 Å². The molecule has 21 heavy (non-hydrogen) atoms. The van der Waals surface area contributed by atoms with Crippen LogP contribution in [0.15, 0.2) is 16.5 Å². The molecule has 2 saturated heterocycles. The minimum atomic E-state index is -1.17. The molecule has 0 saturated carbocycles. The molecule has 0 radical (unpaired) electrons. The summed E-state index contributed by atoms with van der Waals surface area (Å²) in [5.74, 6) is -1.52. The van der Waals surface area contributed by atoms with E-state index < -0.39 is 5.97 Å². The summed E-state index contributed by atoms with van der Waals surface area (Å²) in [6, 6.07) is 3.09. The molecule has 1 amide bonds. The molecule has 0 bridgehead atoms. The molecule has 7 heteroatoms. The first-order valence-corrected chi connectivity index (χ1v) is 7.09. The van der Waals surface area contributed by atoms with Gasteiger partial charge in [0, 0.05) is 32.2 Å². The van der Waals surface area contributed by atoms with Crippen LogP contribution in [0.4, 0.5) is 0 Å². The van der Waals surface area contributed by atoms with Crippen molar-refractivity contribution in [3.63, 3.8) is 0 Å². The number of aromatic carboxylic acids is 1. The van der Waals surface area contributed by atoms with Gasteiger partial charge in [-0.25, -0.2) is 4.79 Å². The quantitative estimate of drug-likeness (QED) is 0.875. The Balaban J connectivity index is 1.62. The van der Waals surface area contributed by atoms with E-state index in [1.165, 1.54) is 12.1 Å². The van der Waals surface area contributed by atoms with Crippen LogP contribution < -0.4 is 0 Å². The smallest absolute Gasteiger partial charge is 0.371 e. The first kappa shape index (κ1) is 14.1. The lowest BCUT2D eigenvalue weighted by molar-refractivity contribution is 0.0184. The molecule has 1 atom stereocenters. The molecular weight excluding hydrogens is 276 g/mol. The Hall–Kier alpha value is -1.86. The highest BCUT2D eigenvalue weighted by Gasteiger charge is 2.32. The molecule has 0 aromatic carbocycles. The van der Waals surface area contributed by atoms with Gasteiger partial charge >= 0.3 is 5.97 Å². The van der Waals surface area contributed by atoms with Gasteiger partial charge in [0.05, 0.1) is 13.2 Å². The lowest BCUT2D eigenvalue weighted by Gasteiger charge is -2.31. The second kappa shape index (κ2) is 5.87. The lowest BCUT2D eigenvalue weighted by atomic mass is 10.2. The topological polar surface area (TPSA) is 83.2 Å². The van der Waals surface area contributed by atoms with E-state index in [1.54, 1.807) is 4.90 Å². The van der Waals surface area contributed by atoms with Crippen LogP contribution in [0.2, 0.25) is 0 Å². The van der Waals surface area contributed by atoms with E-state index in [-0.39, 0.29) is 17.4 Å². The number of ether oxygens (including phenoxy) is 1. The molecule has 7 nitrogen and oxygen atoms in total. The van der Waals surface area contributed by atoms with Crippen molar-refractivity contribution in [3.05, 3.63) is 23.7 Å². The van der Waals surface area contributed by atoms with Gasteiger partial charge in [-0.1, -0.05) is 0 Å². The van der Waals surface area contributed by atoms with Gasteiger partial charge in [-0.2, -0.15) is 0 Å². The number of hydrogen-bond acceptors (Lipinski definition) is 5. The summed E-state index contributed by atoms with van der Waals surface area (Å²) in [4.78, 5) is 27.2. The van der Waals surface area contributed by atoms with Gasteiger partial charge in [0.2, 0.25) is 5.76 Å². The van der Waals surface area contributed by atoms with Crippen LogP contribution in [0.25, 0.3) is 0 Å². The number of carbonyl (C=O) groups is 2. The largest absolute Gasteiger partial charge is 0.475 e. The van der Waals surface area contributed by atoms with Crippen LogP contribution in [0.1, 0.15) is 27.5 Å². The summed E-state index contributed by atoms with van der Waals surface area (Å²) < 4.78 is 10.4. The van der Waals surface area contributed by atoms with Crippen molar-refractivity contribution in [3.8, 4) is 0 Å². The van der Waals surface area contributed by atoms with Crippen molar-refractivity contribution in [2.45, 2.75) is 12.5 Å². The van der Waals surface area contributed by atoms with Gasteiger partial charge in [0.1, 0.15) is 0 Å². The number of carboxylic acids is 1. The van der Waals surface area contributed by atoms with Gasteiger partial charge in [0.25, 0.3) is 5.91 Å². The van der Waals surface area contributed by atoms with Crippen LogP contribution in [0, 0.1) is 0 Å². The molecule has 114 valence electrons. The fraction of sp³-hybridized carbons (Fsp3) is 0.571. The van der Waals surface area contributed by atoms with Gasteiger partial charge in [0.15, 0.2) is 5.76 Å². The summed E-state index contributed by atoms with van der Waals surface area (Å²) >= 11 is 0. The first-order valence-electron chi connectivity index (χ1n) is 7.09. The fourth-order valence-corrected chi connectivity index (χ4v) is 2.89. The highest BCUT2D eigenvalue weighted by atomic mass is 16.5. The number of carbonyl (C=O) groups excluding carboxylic acids is 1. The number of amides is 1. The molecule has 2 aliphatic rings. The standard InChI is InChI=1S/C14H18N2O5/c17-13(11-1-2-12(21-11)14(18)19)16-4-3-10(9-16)15-5-7-20-8-6-15/h1-2,10H,3-9H2,(H,18,19). The molecule has 0 spiro atoms. The zero-order valence-corrected chi connectivity index (χ0v) is 11.7. The molecule has 0 aliphatic carbocycles. The van der Waals surface area contributed by atoms with Crippen molar-refractivity contribution in [1.29, 1.82) is 0 Å². The maximum atomic E-state index is 12.3. The van der Waals surface area contributed by atoms with Crippen LogP contribution in [-0.4, -0.2) is 72.2 Å². The number of rotatable bonds is 3. The maximum absolute atomic E-state index is 12.3. The molecule has 1 N–H and O–H groups in total. The SMILES string of the molecule is O=C(O)c1ccc(C(=O)N2CCC(N3CCOCC3)C2)o1. The predicted octanol–water partition coefficient (Wildman–Crippen LogP) is 0.525. The van der Waals surface area contributed by atoms with E-state index in [2.05, 4.69) is 4.90 Å². The Morgan fingerprint density at radius 2 is 1.86 bits per heavy atom. The Labute approximate surface area is 122 Å². The number of hydrogen-bond donors (Lipinski definition) is 1. The highest BCUT2D eigenvalue weighted by Crippen LogP contribution is 2.20. The molecule has 1 unspecified atom stereocenters. The first-order chi connectivity index (χ1) is 10.1. The van der Waals surface area contributed by atoms with Crippen molar-refractivity contribution in [1.82, 2.24) is 9.80 Å². The van der Waals surface area contributed by atoms with E-state index in [1.807, 2.05) is 0 Å². The Kier molecular flexibility index (Phi) is 3.94. The van der Waals surface area contributed by atoms with Crippen molar-refractivity contribution in [2.24, 2.45) is 0 Å². The molecule has 1 aromatic heterocycles. The van der Waals surface area contributed by atoms with Gasteiger partial charge in [-0.05, 0) is 18.6 Å². The van der Waals surface area contributed by atoms with E-state index in [4.69, 9.17) is 14.3 Å². The van der Waals surface area contributed by atoms with Crippen LogP contribution >= 0.6 is 0 Å². The Morgan fingerprint density at radius 3 is 2.52 bits per heavy atom. The summed E-state index contributed by atoms with van der Waals surface area (Å²) in [7, 11) is 0. The molecule has 3 heterocycles. The molecular formula is C14H18N2O5. The van der Waals surface area contributed by atoms with Crippen molar-refractivity contribution in [2.75, 3.05) is 39.4 Å². The lowest BCUT2D eigenvalue weighted by Crippen LogP contribution is -2.45.